The first-order chi connectivity index (χ1) is 24.8. The highest BCUT2D eigenvalue weighted by Gasteiger charge is 2.61. The third kappa shape index (κ3) is 8.37. The Balaban J connectivity index is 1.40. The van der Waals surface area contributed by atoms with E-state index in [4.69, 9.17) is 4.74 Å². The summed E-state index contributed by atoms with van der Waals surface area (Å²) in [7, 11) is -4.02. The van der Waals surface area contributed by atoms with E-state index in [0.717, 1.165) is 11.3 Å². The number of sulfonamides is 1. The fraction of sp³-hybridized carbons (Fsp3) is 0.538. The van der Waals surface area contributed by atoms with Gasteiger partial charge in [-0.2, -0.15) is 0 Å². The summed E-state index contributed by atoms with van der Waals surface area (Å²) in [5.74, 6) is -3.18. The predicted octanol–water partition coefficient (Wildman–Crippen LogP) is 4.99. The van der Waals surface area contributed by atoms with Gasteiger partial charge in [0.15, 0.2) is 0 Å². The standard InChI is InChI=1S/C39H52FN5O7S/c1-9-24(5)53(50,51)43-36(48)39(19-26(39)10-2)42-34(46)32-18-29(52-37(49)44-20-25-13-11-16-31(40)30(25)22-44)21-45(32)35(47)33(23(3)4)41-28-15-12-14-27(17-28)38(6,7)8/h10-17,23-24,26,29,32-33,41H,2,9,18-22H2,1,3-8H3,(H,42,46)(H,43,48)/t24?,26-,29-,32+,33+,39-/m1/s1. The van der Waals surface area contributed by atoms with Gasteiger partial charge >= 0.3 is 6.09 Å². The molecule has 2 aliphatic heterocycles. The Bertz CT molecular complexity index is 1880. The van der Waals surface area contributed by atoms with Crippen LogP contribution in [0.3, 0.4) is 0 Å². The van der Waals surface area contributed by atoms with Gasteiger partial charge in [-0.05, 0) is 60.4 Å². The first kappa shape index (κ1) is 39.7. The van der Waals surface area contributed by atoms with E-state index in [2.05, 4.69) is 42.7 Å². The lowest BCUT2D eigenvalue weighted by atomic mass is 9.87. The fourth-order valence-corrected chi connectivity index (χ4v) is 8.01. The van der Waals surface area contributed by atoms with Crippen molar-refractivity contribution in [2.75, 3.05) is 11.9 Å². The molecule has 0 aromatic heterocycles. The quantitative estimate of drug-likeness (QED) is 0.257. The van der Waals surface area contributed by atoms with Crippen LogP contribution < -0.4 is 15.4 Å². The number of nitrogens with one attached hydrogen (secondary N) is 3. The smallest absolute Gasteiger partial charge is 0.410 e. The number of carbonyl (C=O) groups is 4. The highest BCUT2D eigenvalue weighted by atomic mass is 32.2. The zero-order chi connectivity index (χ0) is 39.0. The first-order valence-electron chi connectivity index (χ1n) is 18.2. The minimum Gasteiger partial charge on any atom is -0.444 e. The van der Waals surface area contributed by atoms with Gasteiger partial charge in [0.25, 0.3) is 5.91 Å². The molecule has 2 aromatic carbocycles. The van der Waals surface area contributed by atoms with Crippen LogP contribution in [-0.4, -0.2) is 77.6 Å². The van der Waals surface area contributed by atoms with Crippen LogP contribution >= 0.6 is 0 Å². The van der Waals surface area contributed by atoms with E-state index in [1.54, 1.807) is 19.1 Å². The molecule has 3 aliphatic rings. The number of nitrogens with zero attached hydrogens (tertiary/aromatic N) is 2. The third-order valence-electron chi connectivity index (χ3n) is 10.7. The molecular weight excluding hydrogens is 702 g/mol. The van der Waals surface area contributed by atoms with Crippen molar-refractivity contribution < 1.29 is 36.7 Å². The van der Waals surface area contributed by atoms with Crippen molar-refractivity contribution in [1.29, 1.82) is 0 Å². The number of anilines is 1. The number of hydrogen-bond acceptors (Lipinski definition) is 8. The number of ether oxygens (including phenoxy) is 1. The van der Waals surface area contributed by atoms with Crippen LogP contribution in [0, 0.1) is 17.7 Å². The van der Waals surface area contributed by atoms with Crippen molar-refractivity contribution in [2.24, 2.45) is 11.8 Å². The molecule has 3 N–H and O–H groups in total. The average molecular weight is 754 g/mol. The Hall–Kier alpha value is -4.46. The zero-order valence-corrected chi connectivity index (χ0v) is 32.4. The van der Waals surface area contributed by atoms with Crippen molar-refractivity contribution >= 4 is 39.5 Å². The molecule has 12 nitrogen and oxygen atoms in total. The van der Waals surface area contributed by atoms with Gasteiger partial charge in [-0.1, -0.05) is 71.9 Å². The molecular formula is C39H52FN5O7S. The highest BCUT2D eigenvalue weighted by Crippen LogP contribution is 2.45. The third-order valence-corrected chi connectivity index (χ3v) is 12.5. The first-order valence-corrected chi connectivity index (χ1v) is 19.8. The topological polar surface area (TPSA) is 154 Å². The monoisotopic (exact) mass is 753 g/mol. The minimum atomic E-state index is -4.02. The number of rotatable bonds is 12. The molecule has 288 valence electrons. The Morgan fingerprint density at radius 1 is 1.09 bits per heavy atom. The van der Waals surface area contributed by atoms with Crippen molar-refractivity contribution in [2.45, 2.75) is 115 Å². The highest BCUT2D eigenvalue weighted by molar-refractivity contribution is 7.90. The molecule has 0 spiro atoms. The molecule has 2 heterocycles. The van der Waals surface area contributed by atoms with Gasteiger partial charge in [0.05, 0.1) is 18.3 Å². The van der Waals surface area contributed by atoms with Crippen molar-refractivity contribution in [3.05, 3.63) is 77.6 Å². The van der Waals surface area contributed by atoms with Gasteiger partial charge in [-0.15, -0.1) is 6.58 Å². The van der Waals surface area contributed by atoms with E-state index in [9.17, 15) is 32.0 Å². The van der Waals surface area contributed by atoms with Crippen LogP contribution in [0.4, 0.5) is 14.9 Å². The normalized spacial score (nSPS) is 23.5. The molecule has 1 aliphatic carbocycles. The van der Waals surface area contributed by atoms with Crippen LogP contribution in [0.2, 0.25) is 0 Å². The second-order valence-corrected chi connectivity index (χ2v) is 18.0. The molecule has 5 rings (SSSR count). The summed E-state index contributed by atoms with van der Waals surface area (Å²) in [6.07, 6.45) is 0.185. The summed E-state index contributed by atoms with van der Waals surface area (Å²) in [6, 6.07) is 10.5. The van der Waals surface area contributed by atoms with Crippen LogP contribution in [0.5, 0.6) is 0 Å². The Morgan fingerprint density at radius 3 is 2.40 bits per heavy atom. The van der Waals surface area contributed by atoms with Gasteiger partial charge in [-0.3, -0.25) is 24.0 Å². The van der Waals surface area contributed by atoms with Gasteiger partial charge in [0.2, 0.25) is 21.8 Å². The average Bonchev–Trinajstić information content (AvgIpc) is 3.39. The van der Waals surface area contributed by atoms with Gasteiger partial charge in [0, 0.05) is 30.1 Å². The summed E-state index contributed by atoms with van der Waals surface area (Å²) in [5.41, 5.74) is 1.13. The number of likely N-dealkylation sites (tertiary alicyclic amines) is 1. The van der Waals surface area contributed by atoms with Crippen LogP contribution in [-0.2, 0) is 47.6 Å². The maximum atomic E-state index is 14.5. The Morgan fingerprint density at radius 2 is 1.79 bits per heavy atom. The van der Waals surface area contributed by atoms with Crippen molar-refractivity contribution in [3.63, 3.8) is 0 Å². The SMILES string of the molecule is C=C[C@@H]1C[C@]1(NC(=O)[C@@H]1C[C@@H](OC(=O)N2Cc3cccc(F)c3C2)CN1C(=O)[C@@H](Nc1cccc(C(C)(C)C)c1)C(C)C)C(=O)NS(=O)(=O)C(C)CC. The van der Waals surface area contributed by atoms with Gasteiger partial charge in [0.1, 0.15) is 29.5 Å². The maximum Gasteiger partial charge on any atom is 0.410 e. The van der Waals surface area contributed by atoms with Crippen molar-refractivity contribution in [1.82, 2.24) is 19.8 Å². The van der Waals surface area contributed by atoms with Crippen LogP contribution in [0.1, 0.15) is 84.4 Å². The molecule has 6 atom stereocenters. The summed E-state index contributed by atoms with van der Waals surface area (Å²) < 4.78 is 48.1. The maximum absolute atomic E-state index is 14.5. The molecule has 53 heavy (non-hydrogen) atoms. The van der Waals surface area contributed by atoms with Crippen LogP contribution in [0.25, 0.3) is 0 Å². The van der Waals surface area contributed by atoms with Crippen LogP contribution in [0.15, 0.2) is 55.1 Å². The van der Waals surface area contributed by atoms with E-state index in [0.29, 0.717) is 11.1 Å². The molecule has 14 heteroatoms. The number of fused-ring (bicyclic) bond motifs is 1. The zero-order valence-electron chi connectivity index (χ0n) is 31.6. The lowest BCUT2D eigenvalue weighted by Crippen LogP contribution is -2.58. The number of halogens is 1. The van der Waals surface area contributed by atoms with E-state index in [1.807, 2.05) is 38.1 Å². The van der Waals surface area contributed by atoms with Crippen molar-refractivity contribution in [3.8, 4) is 0 Å². The summed E-state index contributed by atoms with van der Waals surface area (Å²) >= 11 is 0. The molecule has 2 fully saturated rings. The molecule has 1 unspecified atom stereocenters. The molecule has 0 radical (unpaired) electrons. The second-order valence-electron chi connectivity index (χ2n) is 15.9. The molecule has 0 bridgehead atoms. The summed E-state index contributed by atoms with van der Waals surface area (Å²) in [5, 5.41) is 5.29. The lowest BCUT2D eigenvalue weighted by Gasteiger charge is -2.32. The number of hydrogen-bond donors (Lipinski definition) is 3. The fourth-order valence-electron chi connectivity index (χ4n) is 6.93. The van der Waals surface area contributed by atoms with E-state index >= 15 is 0 Å². The second kappa shape index (κ2) is 15.1. The summed E-state index contributed by atoms with van der Waals surface area (Å²) in [4.78, 5) is 58.4. The number of amides is 4. The number of carbonyl (C=O) groups excluding carboxylic acids is 4. The Kier molecular flexibility index (Phi) is 11.3. The van der Waals surface area contributed by atoms with E-state index < -0.39 is 74.5 Å². The summed E-state index contributed by atoms with van der Waals surface area (Å²) in [6.45, 7) is 17.0. The molecule has 1 saturated heterocycles. The molecule has 4 amide bonds. The molecule has 2 aromatic rings. The largest absolute Gasteiger partial charge is 0.444 e. The van der Waals surface area contributed by atoms with E-state index in [-0.39, 0.29) is 50.2 Å². The van der Waals surface area contributed by atoms with Gasteiger partial charge < -0.3 is 20.3 Å². The predicted molar refractivity (Wildman–Crippen MR) is 199 cm³/mol. The molecule has 1 saturated carbocycles. The lowest BCUT2D eigenvalue weighted by molar-refractivity contribution is -0.140. The number of benzene rings is 2. The minimum absolute atomic E-state index is 0.0211. The Labute approximate surface area is 311 Å². The van der Waals surface area contributed by atoms with Gasteiger partial charge in [-0.25, -0.2) is 17.6 Å². The van der Waals surface area contributed by atoms with E-state index in [1.165, 1.54) is 28.9 Å².